The fourth-order valence-corrected chi connectivity index (χ4v) is 6.60. The summed E-state index contributed by atoms with van der Waals surface area (Å²) in [6.07, 6.45) is 13.8. The molecule has 2 fully saturated rings. The summed E-state index contributed by atoms with van der Waals surface area (Å²) in [4.78, 5) is 7.40. The number of rotatable bonds is 3. The summed E-state index contributed by atoms with van der Waals surface area (Å²) in [5.41, 5.74) is 4.10. The highest BCUT2D eigenvalue weighted by Gasteiger charge is 2.39. The molecule has 1 N–H and O–H groups in total. The van der Waals surface area contributed by atoms with Gasteiger partial charge >= 0.3 is 0 Å². The van der Waals surface area contributed by atoms with Gasteiger partial charge in [0.2, 0.25) is 0 Å². The normalized spacial score (nSPS) is 32.9. The summed E-state index contributed by atoms with van der Waals surface area (Å²) in [7, 11) is 0. The third-order valence-corrected chi connectivity index (χ3v) is 8.41. The van der Waals surface area contributed by atoms with Crippen LogP contribution in [-0.2, 0) is 4.74 Å². The van der Waals surface area contributed by atoms with Crippen molar-refractivity contribution in [2.24, 2.45) is 22.7 Å². The Labute approximate surface area is 190 Å². The zero-order chi connectivity index (χ0) is 21.5. The minimum Gasteiger partial charge on any atom is -0.463 e. The van der Waals surface area contributed by atoms with Crippen LogP contribution >= 0.6 is 0 Å². The predicted octanol–water partition coefficient (Wildman–Crippen LogP) is 5.00. The van der Waals surface area contributed by atoms with Gasteiger partial charge in [0.15, 0.2) is 0 Å². The summed E-state index contributed by atoms with van der Waals surface area (Å²) < 4.78 is 19.9. The largest absolute Gasteiger partial charge is 0.463 e. The first kappa shape index (κ1) is 20.5. The molecule has 5 aliphatic rings. The van der Waals surface area contributed by atoms with Crippen LogP contribution in [0, 0.1) is 23.6 Å². The van der Waals surface area contributed by atoms with Gasteiger partial charge in [-0.3, -0.25) is 0 Å². The van der Waals surface area contributed by atoms with E-state index in [1.807, 2.05) is 12.1 Å². The molecule has 6 rings (SSSR count). The molecule has 0 aromatic heterocycles. The van der Waals surface area contributed by atoms with E-state index in [2.05, 4.69) is 22.4 Å². The second-order valence-electron chi connectivity index (χ2n) is 10.3. The Morgan fingerprint density at radius 3 is 2.69 bits per heavy atom. The highest BCUT2D eigenvalue weighted by atomic mass is 19.1. The lowest BCUT2D eigenvalue weighted by Crippen LogP contribution is -2.40. The predicted molar refractivity (Wildman–Crippen MR) is 125 cm³/mol. The first-order valence-corrected chi connectivity index (χ1v) is 12.6. The zero-order valence-corrected chi connectivity index (χ0v) is 18.8. The Morgan fingerprint density at radius 1 is 1.06 bits per heavy atom. The minimum absolute atomic E-state index is 0.0549. The van der Waals surface area contributed by atoms with Crippen molar-refractivity contribution in [3.8, 4) is 0 Å². The Morgan fingerprint density at radius 2 is 1.91 bits per heavy atom. The quantitative estimate of drug-likeness (QED) is 0.726. The molecule has 1 aromatic rings. The van der Waals surface area contributed by atoms with Crippen LogP contribution in [0.3, 0.4) is 0 Å². The molecule has 3 aliphatic heterocycles. The fraction of sp³-hybridized carbons (Fsp3) is 0.593. The lowest BCUT2D eigenvalue weighted by molar-refractivity contribution is 0.212. The van der Waals surface area contributed by atoms with Crippen molar-refractivity contribution in [1.29, 1.82) is 0 Å². The molecule has 5 heteroatoms. The van der Waals surface area contributed by atoms with E-state index in [1.54, 1.807) is 17.7 Å². The van der Waals surface area contributed by atoms with Gasteiger partial charge in [0.05, 0.1) is 12.1 Å². The molecular formula is C27H34FN3O. The van der Waals surface area contributed by atoms with Gasteiger partial charge in [-0.05, 0) is 79.7 Å². The third kappa shape index (κ3) is 3.79. The molecule has 0 amide bonds. The van der Waals surface area contributed by atoms with Crippen LogP contribution in [0.2, 0.25) is 0 Å². The van der Waals surface area contributed by atoms with Crippen molar-refractivity contribution in [2.75, 3.05) is 26.2 Å². The van der Waals surface area contributed by atoms with Gasteiger partial charge in [-0.15, -0.1) is 0 Å². The number of aliphatic imine (C=N–C) groups is 1. The number of hydrogen-bond acceptors (Lipinski definition) is 4. The van der Waals surface area contributed by atoms with Crippen molar-refractivity contribution in [3.05, 3.63) is 58.9 Å². The van der Waals surface area contributed by atoms with E-state index in [4.69, 9.17) is 9.73 Å². The monoisotopic (exact) mass is 435 g/mol. The van der Waals surface area contributed by atoms with Crippen molar-refractivity contribution in [1.82, 2.24) is 10.2 Å². The van der Waals surface area contributed by atoms with Crippen LogP contribution in [0.1, 0.15) is 56.6 Å². The molecule has 1 saturated heterocycles. The van der Waals surface area contributed by atoms with Gasteiger partial charge in [0, 0.05) is 13.1 Å². The van der Waals surface area contributed by atoms with E-state index < -0.39 is 0 Å². The number of amidine groups is 1. The molecule has 0 bridgehead atoms. The Kier molecular flexibility index (Phi) is 5.54. The SMILES string of the molecule is Fc1ccc([C@H]2C3=C(CCN2C2=N[C@H]([C@H]4CCNC4)CO2)CC(C2CCCC2)C=C3)cc1. The highest BCUT2D eigenvalue weighted by molar-refractivity contribution is 5.77. The molecule has 0 radical (unpaired) electrons. The van der Waals surface area contributed by atoms with E-state index in [9.17, 15) is 4.39 Å². The average molecular weight is 436 g/mol. The molecule has 32 heavy (non-hydrogen) atoms. The molecule has 4 nitrogen and oxygen atoms in total. The molecule has 1 saturated carbocycles. The number of allylic oxidation sites excluding steroid dienone is 1. The van der Waals surface area contributed by atoms with Gasteiger partial charge in [-0.2, -0.15) is 0 Å². The van der Waals surface area contributed by atoms with Gasteiger partial charge < -0.3 is 15.0 Å². The van der Waals surface area contributed by atoms with Gasteiger partial charge in [0.25, 0.3) is 6.02 Å². The van der Waals surface area contributed by atoms with Crippen molar-refractivity contribution < 1.29 is 9.13 Å². The molecule has 4 atom stereocenters. The number of hydrogen-bond donors (Lipinski definition) is 1. The smallest absolute Gasteiger partial charge is 0.288 e. The summed E-state index contributed by atoms with van der Waals surface area (Å²) >= 11 is 0. The zero-order valence-electron chi connectivity index (χ0n) is 18.8. The number of ether oxygens (including phenoxy) is 1. The van der Waals surface area contributed by atoms with Crippen LogP contribution < -0.4 is 5.32 Å². The summed E-state index contributed by atoms with van der Waals surface area (Å²) in [5.74, 6) is 1.93. The molecule has 1 aromatic carbocycles. The van der Waals surface area contributed by atoms with Crippen molar-refractivity contribution in [3.63, 3.8) is 0 Å². The van der Waals surface area contributed by atoms with E-state index in [0.29, 0.717) is 18.4 Å². The van der Waals surface area contributed by atoms with E-state index in [1.165, 1.54) is 44.1 Å². The Bertz CT molecular complexity index is 925. The summed E-state index contributed by atoms with van der Waals surface area (Å²) in [6, 6.07) is 8.13. The second-order valence-corrected chi connectivity index (χ2v) is 10.3. The van der Waals surface area contributed by atoms with Crippen LogP contribution in [-0.4, -0.2) is 43.2 Å². The first-order chi connectivity index (χ1) is 15.8. The topological polar surface area (TPSA) is 36.9 Å². The summed E-state index contributed by atoms with van der Waals surface area (Å²) in [5, 5.41) is 3.46. The van der Waals surface area contributed by atoms with Crippen LogP contribution in [0.5, 0.6) is 0 Å². The van der Waals surface area contributed by atoms with E-state index in [0.717, 1.165) is 43.6 Å². The highest BCUT2D eigenvalue weighted by Crippen LogP contribution is 2.45. The first-order valence-electron chi connectivity index (χ1n) is 12.6. The molecule has 0 spiro atoms. The van der Waals surface area contributed by atoms with Crippen molar-refractivity contribution in [2.45, 2.75) is 57.0 Å². The number of nitrogens with zero attached hydrogens (tertiary/aromatic N) is 2. The van der Waals surface area contributed by atoms with Gasteiger partial charge in [0.1, 0.15) is 12.4 Å². The lowest BCUT2D eigenvalue weighted by Gasteiger charge is -2.41. The lowest BCUT2D eigenvalue weighted by atomic mass is 9.76. The standard InChI is InChI=1S/C27H34FN3O/c28-23-8-5-19(6-9-23)26-24-10-7-20(18-3-1-2-4-18)15-21(24)12-14-31(26)27-30-25(17-32-27)22-11-13-29-16-22/h5-10,18,20,22,25-26,29H,1-4,11-17H2/t20?,22-,25-,26-/m0/s1. The van der Waals surface area contributed by atoms with Crippen LogP contribution in [0.25, 0.3) is 0 Å². The van der Waals surface area contributed by atoms with E-state index >= 15 is 0 Å². The van der Waals surface area contributed by atoms with Gasteiger partial charge in [-0.1, -0.05) is 42.7 Å². The summed E-state index contributed by atoms with van der Waals surface area (Å²) in [6.45, 7) is 3.71. The van der Waals surface area contributed by atoms with Crippen LogP contribution in [0.15, 0.2) is 52.6 Å². The Hall–Kier alpha value is -2.14. The maximum atomic E-state index is 13.7. The van der Waals surface area contributed by atoms with Gasteiger partial charge in [-0.25, -0.2) is 9.38 Å². The third-order valence-electron chi connectivity index (χ3n) is 8.41. The maximum Gasteiger partial charge on any atom is 0.288 e. The molecule has 3 heterocycles. The maximum absolute atomic E-state index is 13.7. The van der Waals surface area contributed by atoms with Crippen molar-refractivity contribution >= 4 is 6.02 Å². The van der Waals surface area contributed by atoms with Crippen LogP contribution in [0.4, 0.5) is 4.39 Å². The van der Waals surface area contributed by atoms with E-state index in [-0.39, 0.29) is 17.9 Å². The number of halogens is 1. The fourth-order valence-electron chi connectivity index (χ4n) is 6.60. The Balaban J connectivity index is 1.31. The number of nitrogens with one attached hydrogen (secondary N) is 1. The molecule has 2 aliphatic carbocycles. The number of benzene rings is 1. The minimum atomic E-state index is -0.186. The average Bonchev–Trinajstić information content (AvgIpc) is 3.61. The molecule has 170 valence electrons. The second kappa shape index (κ2) is 8.66. The molecule has 1 unspecified atom stereocenters. The molecular weight excluding hydrogens is 401 g/mol.